The second-order valence-electron chi connectivity index (χ2n) is 8.67. The molecule has 7 nitrogen and oxygen atoms in total. The van der Waals surface area contributed by atoms with Crippen LogP contribution in [0.3, 0.4) is 0 Å². The normalized spacial score (nSPS) is 18.7. The van der Waals surface area contributed by atoms with Gasteiger partial charge in [0.2, 0.25) is 5.95 Å². The number of nitrogens with one attached hydrogen (secondary N) is 2. The fraction of sp³-hybridized carbons (Fsp3) is 0.333. The number of rotatable bonds is 5. The number of anilines is 1. The van der Waals surface area contributed by atoms with E-state index in [4.69, 9.17) is 28.2 Å². The smallest absolute Gasteiger partial charge is 0.210 e. The monoisotopic (exact) mass is 481 g/mol. The summed E-state index contributed by atoms with van der Waals surface area (Å²) in [5, 5.41) is 17.0. The highest BCUT2D eigenvalue weighted by atomic mass is 35.5. The van der Waals surface area contributed by atoms with E-state index in [0.29, 0.717) is 33.6 Å². The molecule has 0 radical (unpaired) electrons. The van der Waals surface area contributed by atoms with Crippen molar-refractivity contribution in [3.8, 4) is 22.4 Å². The van der Waals surface area contributed by atoms with E-state index in [-0.39, 0.29) is 6.04 Å². The van der Waals surface area contributed by atoms with Crippen molar-refractivity contribution in [1.29, 1.82) is 0 Å². The number of aromatic nitrogens is 5. The molecule has 0 bridgehead atoms. The van der Waals surface area contributed by atoms with Crippen LogP contribution in [0.4, 0.5) is 5.95 Å². The van der Waals surface area contributed by atoms with Crippen LogP contribution < -0.4 is 10.6 Å². The van der Waals surface area contributed by atoms with Gasteiger partial charge in [0.15, 0.2) is 5.65 Å². The van der Waals surface area contributed by atoms with Crippen LogP contribution >= 0.6 is 23.2 Å². The lowest BCUT2D eigenvalue weighted by atomic mass is 9.90. The first kappa shape index (κ1) is 22.1. The fourth-order valence-corrected chi connectivity index (χ4v) is 4.86. The van der Waals surface area contributed by atoms with Gasteiger partial charge < -0.3 is 10.6 Å². The minimum Gasteiger partial charge on any atom is -0.351 e. The van der Waals surface area contributed by atoms with Gasteiger partial charge in [-0.1, -0.05) is 43.1 Å². The van der Waals surface area contributed by atoms with Crippen molar-refractivity contribution in [1.82, 2.24) is 29.9 Å². The lowest BCUT2D eigenvalue weighted by Crippen LogP contribution is -2.51. The first-order chi connectivity index (χ1) is 16.0. The van der Waals surface area contributed by atoms with Gasteiger partial charge in [0.05, 0.1) is 21.3 Å². The molecule has 2 N–H and O–H groups in total. The molecule has 1 aliphatic rings. The fourth-order valence-electron chi connectivity index (χ4n) is 4.56. The third kappa shape index (κ3) is 4.28. The van der Waals surface area contributed by atoms with Gasteiger partial charge >= 0.3 is 0 Å². The maximum absolute atomic E-state index is 6.37. The van der Waals surface area contributed by atoms with E-state index in [9.17, 15) is 0 Å². The average Bonchev–Trinajstić information content (AvgIpc) is 3.32. The highest BCUT2D eigenvalue weighted by molar-refractivity contribution is 6.42. The first-order valence-corrected chi connectivity index (χ1v) is 11.9. The van der Waals surface area contributed by atoms with Gasteiger partial charge in [0.25, 0.3) is 0 Å². The molecule has 4 aromatic rings. The van der Waals surface area contributed by atoms with Crippen LogP contribution in [0.15, 0.2) is 49.1 Å². The topological polar surface area (TPSA) is 80.0 Å². The van der Waals surface area contributed by atoms with Crippen LogP contribution in [0, 0.1) is 5.92 Å². The largest absolute Gasteiger partial charge is 0.351 e. The third-order valence-electron chi connectivity index (χ3n) is 6.15. The molecule has 1 aliphatic heterocycles. The van der Waals surface area contributed by atoms with Gasteiger partial charge in [-0.15, -0.1) is 10.2 Å². The summed E-state index contributed by atoms with van der Waals surface area (Å²) in [6.07, 6.45) is 7.40. The molecular formula is C24H25Cl2N7. The standard InChI is InChI=1S/C24H25Cl2N7/c1-14(2)21-19(4-3-9-28-21)30-24-31-22(15-7-10-27-11-8-15)20(23-32-29-13-33(23)24)16-5-6-17(25)18(26)12-16/h5-8,10-14,19,21,28H,3-4,9H2,1-2H3,(H,30,31). The highest BCUT2D eigenvalue weighted by Gasteiger charge is 2.29. The molecule has 0 spiro atoms. The van der Waals surface area contributed by atoms with Crippen LogP contribution in [0.25, 0.3) is 28.0 Å². The van der Waals surface area contributed by atoms with Crippen LogP contribution in [0.1, 0.15) is 26.7 Å². The number of nitrogens with zero attached hydrogens (tertiary/aromatic N) is 5. The van der Waals surface area contributed by atoms with Gasteiger partial charge in [-0.3, -0.25) is 9.38 Å². The zero-order chi connectivity index (χ0) is 22.9. The Bertz CT molecular complexity index is 1270. The third-order valence-corrected chi connectivity index (χ3v) is 6.89. The second-order valence-corrected chi connectivity index (χ2v) is 9.48. The van der Waals surface area contributed by atoms with E-state index < -0.39 is 0 Å². The van der Waals surface area contributed by atoms with Crippen molar-refractivity contribution in [2.24, 2.45) is 5.92 Å². The molecule has 0 aliphatic carbocycles. The zero-order valence-corrected chi connectivity index (χ0v) is 20.0. The summed E-state index contributed by atoms with van der Waals surface area (Å²) in [6, 6.07) is 10.0. The summed E-state index contributed by atoms with van der Waals surface area (Å²) in [7, 11) is 0. The van der Waals surface area contributed by atoms with Gasteiger partial charge in [0, 0.05) is 30.0 Å². The zero-order valence-electron chi connectivity index (χ0n) is 18.5. The summed E-state index contributed by atoms with van der Waals surface area (Å²) >= 11 is 12.6. The maximum Gasteiger partial charge on any atom is 0.210 e. The number of benzene rings is 1. The lowest BCUT2D eigenvalue weighted by molar-refractivity contribution is 0.299. The van der Waals surface area contributed by atoms with Crippen LogP contribution in [0.2, 0.25) is 10.0 Å². The maximum atomic E-state index is 6.37. The van der Waals surface area contributed by atoms with E-state index in [1.165, 1.54) is 0 Å². The van der Waals surface area contributed by atoms with Crippen molar-refractivity contribution < 1.29 is 0 Å². The van der Waals surface area contributed by atoms with Crippen LogP contribution in [-0.2, 0) is 0 Å². The van der Waals surface area contributed by atoms with Crippen LogP contribution in [-0.4, -0.2) is 43.2 Å². The Hall–Kier alpha value is -2.74. The molecule has 33 heavy (non-hydrogen) atoms. The number of pyridine rings is 1. The van der Waals surface area contributed by atoms with Gasteiger partial charge in [0.1, 0.15) is 6.33 Å². The Labute approximate surface area is 202 Å². The molecule has 5 rings (SSSR count). The first-order valence-electron chi connectivity index (χ1n) is 11.1. The summed E-state index contributed by atoms with van der Waals surface area (Å²) in [4.78, 5) is 9.27. The minimum atomic E-state index is 0.248. The molecule has 0 amide bonds. The Morgan fingerprint density at radius 1 is 1.09 bits per heavy atom. The van der Waals surface area contributed by atoms with E-state index >= 15 is 0 Å². The van der Waals surface area contributed by atoms with Crippen molar-refractivity contribution in [3.63, 3.8) is 0 Å². The van der Waals surface area contributed by atoms with Crippen molar-refractivity contribution in [2.45, 2.75) is 38.8 Å². The number of halogens is 2. The van der Waals surface area contributed by atoms with Gasteiger partial charge in [-0.2, -0.15) is 0 Å². The quantitative estimate of drug-likeness (QED) is 0.399. The van der Waals surface area contributed by atoms with Crippen LogP contribution in [0.5, 0.6) is 0 Å². The van der Waals surface area contributed by atoms with Gasteiger partial charge in [-0.25, -0.2) is 4.98 Å². The Morgan fingerprint density at radius 2 is 1.91 bits per heavy atom. The van der Waals surface area contributed by atoms with Crippen molar-refractivity contribution in [3.05, 3.63) is 59.1 Å². The molecule has 1 saturated heterocycles. The van der Waals surface area contributed by atoms with Gasteiger partial charge in [-0.05, 0) is 55.1 Å². The molecule has 0 saturated carbocycles. The van der Waals surface area contributed by atoms with E-state index in [0.717, 1.165) is 41.8 Å². The predicted octanol–water partition coefficient (Wildman–Crippen LogP) is 5.35. The van der Waals surface area contributed by atoms with E-state index in [1.54, 1.807) is 24.8 Å². The average molecular weight is 482 g/mol. The lowest BCUT2D eigenvalue weighted by Gasteiger charge is -2.36. The molecule has 170 valence electrons. The summed E-state index contributed by atoms with van der Waals surface area (Å²) < 4.78 is 1.91. The predicted molar refractivity (Wildman–Crippen MR) is 133 cm³/mol. The summed E-state index contributed by atoms with van der Waals surface area (Å²) in [5.41, 5.74) is 4.12. The Balaban J connectivity index is 1.70. The molecule has 3 aromatic heterocycles. The van der Waals surface area contributed by atoms with Crippen molar-refractivity contribution in [2.75, 3.05) is 11.9 Å². The molecule has 2 unspecified atom stereocenters. The molecule has 9 heteroatoms. The molecular weight excluding hydrogens is 457 g/mol. The van der Waals surface area contributed by atoms with E-state index in [1.807, 2.05) is 28.7 Å². The molecule has 2 atom stereocenters. The highest BCUT2D eigenvalue weighted by Crippen LogP contribution is 2.37. The number of hydrogen-bond donors (Lipinski definition) is 2. The Morgan fingerprint density at radius 3 is 2.67 bits per heavy atom. The summed E-state index contributed by atoms with van der Waals surface area (Å²) in [6.45, 7) is 5.53. The number of hydrogen-bond acceptors (Lipinski definition) is 6. The minimum absolute atomic E-state index is 0.248. The Kier molecular flexibility index (Phi) is 6.19. The summed E-state index contributed by atoms with van der Waals surface area (Å²) in [5.74, 6) is 1.21. The molecule has 1 aromatic carbocycles. The number of fused-ring (bicyclic) bond motifs is 1. The number of piperidine rings is 1. The van der Waals surface area contributed by atoms with Crippen molar-refractivity contribution >= 4 is 34.8 Å². The van der Waals surface area contributed by atoms with E-state index in [2.05, 4.69) is 39.7 Å². The molecule has 1 fully saturated rings. The molecule has 4 heterocycles. The SMILES string of the molecule is CC(C)C1NCCCC1Nc1nc(-c2ccncc2)c(-c2ccc(Cl)c(Cl)c2)c2nncn12. The second kappa shape index (κ2) is 9.25.